The molecule has 4 heteroatoms. The third kappa shape index (κ3) is 4.36. The summed E-state index contributed by atoms with van der Waals surface area (Å²) >= 11 is 0. The minimum atomic E-state index is -0.0454. The van der Waals surface area contributed by atoms with Gasteiger partial charge in [-0.2, -0.15) is 5.26 Å². The second-order valence-electron chi connectivity index (χ2n) is 5.24. The predicted molar refractivity (Wildman–Crippen MR) is 79.3 cm³/mol. The van der Waals surface area contributed by atoms with Gasteiger partial charge in [0.2, 0.25) is 5.91 Å². The minimum Gasteiger partial charge on any atom is -0.325 e. The first-order valence-corrected chi connectivity index (χ1v) is 7.32. The van der Waals surface area contributed by atoms with Gasteiger partial charge in [0.05, 0.1) is 11.3 Å². The standard InChI is InChI=1S/C16H21N3O/c17-12-13-6-4-5-9-15(13)19-16(20)10-11-18-14-7-2-1-3-8-14/h4-6,9,14,18H,1-3,7-8,10-11H2,(H,19,20). The molecule has 0 aromatic heterocycles. The van der Waals surface area contributed by atoms with Crippen LogP contribution in [-0.2, 0) is 4.79 Å². The number of anilines is 1. The van der Waals surface area contributed by atoms with E-state index in [4.69, 9.17) is 5.26 Å². The highest BCUT2D eigenvalue weighted by Gasteiger charge is 2.13. The highest BCUT2D eigenvalue weighted by Crippen LogP contribution is 2.17. The molecule has 1 aliphatic rings. The summed E-state index contributed by atoms with van der Waals surface area (Å²) in [4.78, 5) is 11.9. The Kier molecular flexibility index (Phi) is 5.57. The SMILES string of the molecule is N#Cc1ccccc1NC(=O)CCNC1CCCCC1. The summed E-state index contributed by atoms with van der Waals surface area (Å²) in [6.45, 7) is 0.700. The fourth-order valence-corrected chi connectivity index (χ4v) is 2.60. The van der Waals surface area contributed by atoms with Gasteiger partial charge in [-0.3, -0.25) is 4.79 Å². The summed E-state index contributed by atoms with van der Waals surface area (Å²) in [5.41, 5.74) is 1.10. The number of carbonyl (C=O) groups is 1. The summed E-state index contributed by atoms with van der Waals surface area (Å²) < 4.78 is 0. The third-order valence-electron chi connectivity index (χ3n) is 3.71. The molecule has 1 aliphatic carbocycles. The Hall–Kier alpha value is -1.86. The molecular formula is C16H21N3O. The van der Waals surface area contributed by atoms with Crippen LogP contribution in [0.1, 0.15) is 44.1 Å². The molecule has 1 amide bonds. The van der Waals surface area contributed by atoms with E-state index in [1.165, 1.54) is 32.1 Å². The van der Waals surface area contributed by atoms with Crippen LogP contribution in [0.5, 0.6) is 0 Å². The first kappa shape index (κ1) is 14.5. The number of hydrogen-bond acceptors (Lipinski definition) is 3. The average Bonchev–Trinajstić information content (AvgIpc) is 2.49. The summed E-state index contributed by atoms with van der Waals surface area (Å²) in [5, 5.41) is 15.2. The van der Waals surface area contributed by atoms with Crippen LogP contribution in [0.2, 0.25) is 0 Å². The van der Waals surface area contributed by atoms with Gasteiger partial charge in [0, 0.05) is 19.0 Å². The molecule has 0 unspecified atom stereocenters. The molecule has 0 radical (unpaired) electrons. The van der Waals surface area contributed by atoms with E-state index in [9.17, 15) is 4.79 Å². The Morgan fingerprint density at radius 1 is 1.25 bits per heavy atom. The van der Waals surface area contributed by atoms with Crippen molar-refractivity contribution in [3.63, 3.8) is 0 Å². The molecule has 0 heterocycles. The second-order valence-corrected chi connectivity index (χ2v) is 5.24. The van der Waals surface area contributed by atoms with Crippen molar-refractivity contribution in [1.82, 2.24) is 5.32 Å². The zero-order valence-corrected chi connectivity index (χ0v) is 11.7. The van der Waals surface area contributed by atoms with Gasteiger partial charge in [-0.1, -0.05) is 31.4 Å². The molecule has 4 nitrogen and oxygen atoms in total. The molecule has 1 saturated carbocycles. The van der Waals surface area contributed by atoms with Gasteiger partial charge in [-0.25, -0.2) is 0 Å². The summed E-state index contributed by atoms with van der Waals surface area (Å²) in [5.74, 6) is -0.0454. The molecule has 1 fully saturated rings. The number of para-hydroxylation sites is 1. The molecule has 0 saturated heterocycles. The van der Waals surface area contributed by atoms with E-state index >= 15 is 0 Å². The fraction of sp³-hybridized carbons (Fsp3) is 0.500. The van der Waals surface area contributed by atoms with Gasteiger partial charge < -0.3 is 10.6 Å². The van der Waals surface area contributed by atoms with Crippen LogP contribution in [0, 0.1) is 11.3 Å². The fourth-order valence-electron chi connectivity index (χ4n) is 2.60. The van der Waals surface area contributed by atoms with Gasteiger partial charge in [0.25, 0.3) is 0 Å². The lowest BCUT2D eigenvalue weighted by Crippen LogP contribution is -2.33. The number of benzene rings is 1. The Bertz CT molecular complexity index is 487. The van der Waals surface area contributed by atoms with E-state index in [0.29, 0.717) is 30.3 Å². The van der Waals surface area contributed by atoms with E-state index in [0.717, 1.165) is 0 Å². The molecule has 20 heavy (non-hydrogen) atoms. The van der Waals surface area contributed by atoms with Gasteiger partial charge in [0.1, 0.15) is 6.07 Å². The zero-order valence-electron chi connectivity index (χ0n) is 11.7. The van der Waals surface area contributed by atoms with Crippen LogP contribution in [0.4, 0.5) is 5.69 Å². The van der Waals surface area contributed by atoms with Crippen LogP contribution in [0.25, 0.3) is 0 Å². The van der Waals surface area contributed by atoms with E-state index < -0.39 is 0 Å². The first-order valence-electron chi connectivity index (χ1n) is 7.32. The summed E-state index contributed by atoms with van der Waals surface area (Å²) in [6.07, 6.45) is 6.80. The van der Waals surface area contributed by atoms with Crippen molar-refractivity contribution in [3.8, 4) is 6.07 Å². The van der Waals surface area contributed by atoms with E-state index in [-0.39, 0.29) is 5.91 Å². The molecule has 0 atom stereocenters. The second kappa shape index (κ2) is 7.66. The van der Waals surface area contributed by atoms with E-state index in [2.05, 4.69) is 16.7 Å². The molecule has 0 spiro atoms. The molecule has 0 aliphatic heterocycles. The van der Waals surface area contributed by atoms with Crippen molar-refractivity contribution in [2.75, 3.05) is 11.9 Å². The van der Waals surface area contributed by atoms with Crippen LogP contribution in [-0.4, -0.2) is 18.5 Å². The number of amides is 1. The highest BCUT2D eigenvalue weighted by atomic mass is 16.1. The van der Waals surface area contributed by atoms with Crippen molar-refractivity contribution in [2.24, 2.45) is 0 Å². The van der Waals surface area contributed by atoms with Gasteiger partial charge in [-0.15, -0.1) is 0 Å². The quantitative estimate of drug-likeness (QED) is 0.865. The Balaban J connectivity index is 1.73. The summed E-state index contributed by atoms with van der Waals surface area (Å²) in [7, 11) is 0. The van der Waals surface area contributed by atoms with Gasteiger partial charge in [0.15, 0.2) is 0 Å². The predicted octanol–water partition coefficient (Wildman–Crippen LogP) is 2.81. The topological polar surface area (TPSA) is 64.9 Å². The Morgan fingerprint density at radius 2 is 2.00 bits per heavy atom. The van der Waals surface area contributed by atoms with Crippen LogP contribution < -0.4 is 10.6 Å². The molecular weight excluding hydrogens is 250 g/mol. The zero-order chi connectivity index (χ0) is 14.2. The lowest BCUT2D eigenvalue weighted by Gasteiger charge is -2.22. The smallest absolute Gasteiger partial charge is 0.225 e. The van der Waals surface area contributed by atoms with Crippen molar-refractivity contribution in [1.29, 1.82) is 5.26 Å². The monoisotopic (exact) mass is 271 g/mol. The lowest BCUT2D eigenvalue weighted by atomic mass is 9.95. The number of carbonyl (C=O) groups excluding carboxylic acids is 1. The van der Waals surface area contributed by atoms with Gasteiger partial charge in [-0.05, 0) is 25.0 Å². The number of rotatable bonds is 5. The maximum Gasteiger partial charge on any atom is 0.225 e. The molecule has 2 rings (SSSR count). The molecule has 106 valence electrons. The largest absolute Gasteiger partial charge is 0.325 e. The van der Waals surface area contributed by atoms with Crippen LogP contribution >= 0.6 is 0 Å². The Labute approximate surface area is 120 Å². The molecule has 1 aromatic rings. The minimum absolute atomic E-state index is 0.0454. The molecule has 2 N–H and O–H groups in total. The summed E-state index contributed by atoms with van der Waals surface area (Å²) in [6, 6.07) is 9.72. The van der Waals surface area contributed by atoms with E-state index in [1.54, 1.807) is 18.2 Å². The number of nitrogens with zero attached hydrogens (tertiary/aromatic N) is 1. The lowest BCUT2D eigenvalue weighted by molar-refractivity contribution is -0.116. The van der Waals surface area contributed by atoms with Crippen molar-refractivity contribution >= 4 is 11.6 Å². The maximum atomic E-state index is 11.9. The number of nitrogens with one attached hydrogen (secondary N) is 2. The molecule has 1 aromatic carbocycles. The number of hydrogen-bond donors (Lipinski definition) is 2. The van der Waals surface area contributed by atoms with Crippen molar-refractivity contribution in [2.45, 2.75) is 44.6 Å². The van der Waals surface area contributed by atoms with Crippen LogP contribution in [0.15, 0.2) is 24.3 Å². The first-order chi connectivity index (χ1) is 9.79. The van der Waals surface area contributed by atoms with Crippen molar-refractivity contribution in [3.05, 3.63) is 29.8 Å². The van der Waals surface area contributed by atoms with Gasteiger partial charge >= 0.3 is 0 Å². The van der Waals surface area contributed by atoms with E-state index in [1.807, 2.05) is 6.07 Å². The molecule has 0 bridgehead atoms. The average molecular weight is 271 g/mol. The third-order valence-corrected chi connectivity index (χ3v) is 3.71. The van der Waals surface area contributed by atoms with Crippen molar-refractivity contribution < 1.29 is 4.79 Å². The maximum absolute atomic E-state index is 11.9. The van der Waals surface area contributed by atoms with Crippen LogP contribution in [0.3, 0.4) is 0 Å². The highest BCUT2D eigenvalue weighted by molar-refractivity contribution is 5.92. The Morgan fingerprint density at radius 3 is 2.75 bits per heavy atom. The normalized spacial score (nSPS) is 15.6. The number of nitriles is 1.